The van der Waals surface area contributed by atoms with Crippen molar-refractivity contribution in [1.29, 1.82) is 0 Å². The monoisotopic (exact) mass is 311 g/mol. The van der Waals surface area contributed by atoms with Crippen LogP contribution in [0.5, 0.6) is 0 Å². The lowest BCUT2D eigenvalue weighted by Gasteiger charge is -2.22. The predicted molar refractivity (Wildman–Crippen MR) is 86.1 cm³/mol. The van der Waals surface area contributed by atoms with Gasteiger partial charge in [0.1, 0.15) is 5.60 Å². The molecule has 0 radical (unpaired) electrons. The van der Waals surface area contributed by atoms with Gasteiger partial charge in [-0.2, -0.15) is 0 Å². The van der Waals surface area contributed by atoms with Gasteiger partial charge in [-0.15, -0.1) is 11.3 Å². The van der Waals surface area contributed by atoms with E-state index in [2.05, 4.69) is 12.2 Å². The third-order valence-corrected chi connectivity index (χ3v) is 4.20. The molecule has 21 heavy (non-hydrogen) atoms. The number of alkyl carbamates (subject to hydrolysis) is 1. The minimum atomic E-state index is -0.532. The number of ether oxygens (including phenoxy) is 1. The van der Waals surface area contributed by atoms with Crippen molar-refractivity contribution >= 4 is 23.2 Å². The molecule has 0 fully saturated rings. The van der Waals surface area contributed by atoms with Crippen LogP contribution < -0.4 is 5.32 Å². The second-order valence-electron chi connectivity index (χ2n) is 6.00. The molecule has 0 aliphatic heterocycles. The molecule has 0 spiro atoms. The quantitative estimate of drug-likeness (QED) is 0.802. The molecule has 0 saturated carbocycles. The molecule has 1 heterocycles. The minimum absolute atomic E-state index is 0.0719. The van der Waals surface area contributed by atoms with Crippen molar-refractivity contribution in [2.45, 2.75) is 65.5 Å². The summed E-state index contributed by atoms with van der Waals surface area (Å²) in [6.07, 6.45) is 1.46. The van der Waals surface area contributed by atoms with Crippen molar-refractivity contribution in [3.05, 3.63) is 21.9 Å². The Kier molecular flexibility index (Phi) is 6.40. The fourth-order valence-corrected chi connectivity index (χ4v) is 2.71. The molecular weight excluding hydrogens is 286 g/mol. The lowest BCUT2D eigenvalue weighted by atomic mass is 10.1. The van der Waals surface area contributed by atoms with Crippen LogP contribution in [0.1, 0.15) is 62.0 Å². The highest BCUT2D eigenvalue weighted by molar-refractivity contribution is 7.14. The number of hydrogen-bond donors (Lipinski definition) is 1. The Morgan fingerprint density at radius 3 is 2.43 bits per heavy atom. The van der Waals surface area contributed by atoms with Gasteiger partial charge in [-0.25, -0.2) is 4.79 Å². The molecule has 0 aliphatic carbocycles. The average molecular weight is 311 g/mol. The first kappa shape index (κ1) is 17.7. The van der Waals surface area contributed by atoms with Gasteiger partial charge in [-0.3, -0.25) is 4.79 Å². The van der Waals surface area contributed by atoms with Gasteiger partial charge >= 0.3 is 6.09 Å². The molecule has 1 rings (SSSR count). The van der Waals surface area contributed by atoms with Gasteiger partial charge in [0, 0.05) is 17.3 Å². The summed E-state index contributed by atoms with van der Waals surface area (Å²) in [5.41, 5.74) is -0.532. The van der Waals surface area contributed by atoms with E-state index in [0.29, 0.717) is 12.8 Å². The number of rotatable bonds is 6. The van der Waals surface area contributed by atoms with Gasteiger partial charge in [-0.1, -0.05) is 13.8 Å². The number of ketones is 1. The first-order chi connectivity index (χ1) is 9.75. The van der Waals surface area contributed by atoms with Gasteiger partial charge in [0.15, 0.2) is 5.78 Å². The minimum Gasteiger partial charge on any atom is -0.444 e. The van der Waals surface area contributed by atoms with E-state index in [9.17, 15) is 9.59 Å². The van der Waals surface area contributed by atoms with E-state index >= 15 is 0 Å². The molecule has 0 bridgehead atoms. The molecule has 0 aliphatic rings. The lowest BCUT2D eigenvalue weighted by Crippen LogP contribution is -2.39. The Balaban J connectivity index is 2.57. The Labute approximate surface area is 130 Å². The Morgan fingerprint density at radius 2 is 1.95 bits per heavy atom. The van der Waals surface area contributed by atoms with Gasteiger partial charge < -0.3 is 10.1 Å². The van der Waals surface area contributed by atoms with Crippen LogP contribution in [0, 0.1) is 0 Å². The van der Waals surface area contributed by atoms with E-state index in [0.717, 1.165) is 11.3 Å². The summed E-state index contributed by atoms with van der Waals surface area (Å²) in [6.45, 7) is 9.46. The second-order valence-corrected chi connectivity index (χ2v) is 7.17. The maximum Gasteiger partial charge on any atom is 0.407 e. The lowest BCUT2D eigenvalue weighted by molar-refractivity contribution is 0.0500. The third-order valence-electron chi connectivity index (χ3n) is 2.93. The van der Waals surface area contributed by atoms with Crippen LogP contribution in [0.15, 0.2) is 12.1 Å². The van der Waals surface area contributed by atoms with Gasteiger partial charge in [-0.05, 0) is 45.7 Å². The summed E-state index contributed by atoms with van der Waals surface area (Å²) < 4.78 is 5.22. The van der Waals surface area contributed by atoms with Crippen LogP contribution in [-0.2, 0) is 11.2 Å². The fraction of sp³-hybridized carbons (Fsp3) is 0.625. The molecular formula is C16H25NO3S. The molecule has 0 aromatic carbocycles. The highest BCUT2D eigenvalue weighted by atomic mass is 32.1. The van der Waals surface area contributed by atoms with Crippen molar-refractivity contribution in [2.75, 3.05) is 0 Å². The fourth-order valence-electron chi connectivity index (χ4n) is 1.81. The number of nitrogens with one attached hydrogen (secondary N) is 1. The predicted octanol–water partition coefficient (Wildman–Crippen LogP) is 4.19. The highest BCUT2D eigenvalue weighted by Crippen LogP contribution is 2.19. The number of hydrogen-bond acceptors (Lipinski definition) is 4. The molecule has 1 unspecified atom stereocenters. The number of aryl methyl sites for hydroxylation is 1. The standard InChI is InChI=1S/C16H25NO3S/c1-6-11(17-15(19)20-16(3,4)5)10-13(18)14-9-8-12(7-2)21-14/h8-9,11H,6-7,10H2,1-5H3,(H,17,19). The number of amides is 1. The Bertz CT molecular complexity index is 488. The zero-order chi connectivity index (χ0) is 16.0. The molecule has 5 heteroatoms. The molecule has 1 amide bonds. The smallest absolute Gasteiger partial charge is 0.407 e. The number of thiophene rings is 1. The number of carbonyl (C=O) groups excluding carboxylic acids is 2. The topological polar surface area (TPSA) is 55.4 Å². The summed E-state index contributed by atoms with van der Waals surface area (Å²) >= 11 is 1.53. The first-order valence-electron chi connectivity index (χ1n) is 7.36. The maximum absolute atomic E-state index is 12.2. The van der Waals surface area contributed by atoms with E-state index in [1.807, 2.05) is 39.8 Å². The van der Waals surface area contributed by atoms with Crippen molar-refractivity contribution in [3.63, 3.8) is 0 Å². The Morgan fingerprint density at radius 1 is 1.29 bits per heavy atom. The van der Waals surface area contributed by atoms with Crippen LogP contribution in [0.2, 0.25) is 0 Å². The highest BCUT2D eigenvalue weighted by Gasteiger charge is 2.21. The van der Waals surface area contributed by atoms with Crippen molar-refractivity contribution in [1.82, 2.24) is 5.32 Å². The second kappa shape index (κ2) is 7.59. The summed E-state index contributed by atoms with van der Waals surface area (Å²) in [4.78, 5) is 25.9. The summed E-state index contributed by atoms with van der Waals surface area (Å²) in [5, 5.41) is 2.77. The van der Waals surface area contributed by atoms with E-state index in [-0.39, 0.29) is 11.8 Å². The molecule has 1 N–H and O–H groups in total. The van der Waals surface area contributed by atoms with Gasteiger partial charge in [0.05, 0.1) is 4.88 Å². The van der Waals surface area contributed by atoms with Gasteiger partial charge in [0.2, 0.25) is 0 Å². The number of carbonyl (C=O) groups is 2. The average Bonchev–Trinajstić information content (AvgIpc) is 2.84. The summed E-state index contributed by atoms with van der Waals surface area (Å²) in [5.74, 6) is 0.0719. The Hall–Kier alpha value is -1.36. The zero-order valence-corrected chi connectivity index (χ0v) is 14.3. The van der Waals surface area contributed by atoms with Crippen LogP contribution in [-0.4, -0.2) is 23.5 Å². The van der Waals surface area contributed by atoms with Crippen LogP contribution in [0.3, 0.4) is 0 Å². The van der Waals surface area contributed by atoms with E-state index in [1.165, 1.54) is 16.2 Å². The molecule has 1 aromatic rings. The van der Waals surface area contributed by atoms with Crippen LogP contribution >= 0.6 is 11.3 Å². The molecule has 1 aromatic heterocycles. The number of Topliss-reactive ketones (excluding diaryl/α,β-unsaturated/α-hetero) is 1. The summed E-state index contributed by atoms with van der Waals surface area (Å²) in [6, 6.07) is 3.66. The zero-order valence-electron chi connectivity index (χ0n) is 13.5. The maximum atomic E-state index is 12.2. The van der Waals surface area contributed by atoms with Crippen molar-refractivity contribution in [3.8, 4) is 0 Å². The largest absolute Gasteiger partial charge is 0.444 e. The molecule has 118 valence electrons. The van der Waals surface area contributed by atoms with Crippen LogP contribution in [0.4, 0.5) is 4.79 Å². The van der Waals surface area contributed by atoms with Crippen molar-refractivity contribution < 1.29 is 14.3 Å². The summed E-state index contributed by atoms with van der Waals surface area (Å²) in [7, 11) is 0. The third kappa shape index (κ3) is 6.29. The van der Waals surface area contributed by atoms with Crippen LogP contribution in [0.25, 0.3) is 0 Å². The molecule has 1 atom stereocenters. The SMILES string of the molecule is CCc1ccc(C(=O)CC(CC)NC(=O)OC(C)(C)C)s1. The van der Waals surface area contributed by atoms with Crippen molar-refractivity contribution in [2.24, 2.45) is 0 Å². The van der Waals surface area contributed by atoms with E-state index < -0.39 is 11.7 Å². The van der Waals surface area contributed by atoms with E-state index in [1.54, 1.807) is 0 Å². The molecule has 0 saturated heterocycles. The van der Waals surface area contributed by atoms with E-state index in [4.69, 9.17) is 4.74 Å². The normalized spacial score (nSPS) is 12.8. The van der Waals surface area contributed by atoms with Gasteiger partial charge in [0.25, 0.3) is 0 Å². The molecule has 4 nitrogen and oxygen atoms in total. The first-order valence-corrected chi connectivity index (χ1v) is 8.18.